The number of rotatable bonds is 4. The van der Waals surface area contributed by atoms with E-state index < -0.39 is 5.60 Å². The van der Waals surface area contributed by atoms with Crippen LogP contribution in [0, 0.1) is 0 Å². The number of nitrogens with zero attached hydrogens (tertiary/aromatic N) is 2. The Bertz CT molecular complexity index is 284. The van der Waals surface area contributed by atoms with Crippen molar-refractivity contribution in [3.05, 3.63) is 0 Å². The Morgan fingerprint density at radius 2 is 2.17 bits per heavy atom. The molecule has 2 fully saturated rings. The highest BCUT2D eigenvalue weighted by Gasteiger charge is 2.39. The zero-order chi connectivity index (χ0) is 13.0. The molecule has 0 saturated carbocycles. The average Bonchev–Trinajstić information content (AvgIpc) is 2.84. The van der Waals surface area contributed by atoms with E-state index in [1.165, 1.54) is 0 Å². The third-order valence-corrected chi connectivity index (χ3v) is 3.98. The molecule has 2 aliphatic heterocycles. The van der Waals surface area contributed by atoms with E-state index in [0.717, 1.165) is 52.1 Å². The van der Waals surface area contributed by atoms with Gasteiger partial charge in [0.05, 0.1) is 0 Å². The van der Waals surface area contributed by atoms with Crippen LogP contribution < -0.4 is 5.32 Å². The van der Waals surface area contributed by atoms with Crippen molar-refractivity contribution < 1.29 is 9.53 Å². The van der Waals surface area contributed by atoms with E-state index in [9.17, 15) is 4.79 Å². The maximum Gasteiger partial charge on any atom is 0.254 e. The number of hydrogen-bond acceptors (Lipinski definition) is 4. The molecule has 0 spiro atoms. The predicted octanol–water partition coefficient (Wildman–Crippen LogP) is -0.0809. The summed E-state index contributed by atoms with van der Waals surface area (Å²) in [5.74, 6) is 0.134. The molecule has 1 unspecified atom stereocenters. The molecule has 2 saturated heterocycles. The van der Waals surface area contributed by atoms with Gasteiger partial charge in [0.15, 0.2) is 0 Å². The Morgan fingerprint density at radius 1 is 1.44 bits per heavy atom. The number of ether oxygens (including phenoxy) is 1. The lowest BCUT2D eigenvalue weighted by Gasteiger charge is -2.32. The van der Waals surface area contributed by atoms with Crippen LogP contribution >= 0.6 is 0 Å². The van der Waals surface area contributed by atoms with E-state index in [-0.39, 0.29) is 5.91 Å². The molecule has 104 valence electrons. The fourth-order valence-electron chi connectivity index (χ4n) is 2.68. The molecule has 5 heteroatoms. The Labute approximate surface area is 109 Å². The molecule has 0 aromatic rings. The first kappa shape index (κ1) is 13.8. The van der Waals surface area contributed by atoms with E-state index in [2.05, 4.69) is 10.2 Å². The van der Waals surface area contributed by atoms with Gasteiger partial charge in [0.25, 0.3) is 5.91 Å². The van der Waals surface area contributed by atoms with E-state index >= 15 is 0 Å². The number of carbonyl (C=O) groups excluding carboxylic acids is 1. The molecule has 0 aromatic carbocycles. The molecule has 0 aliphatic carbocycles. The predicted molar refractivity (Wildman–Crippen MR) is 70.5 cm³/mol. The number of hydrogen-bond donors (Lipinski definition) is 1. The average molecular weight is 255 g/mol. The van der Waals surface area contributed by atoms with Gasteiger partial charge in [-0.3, -0.25) is 9.69 Å². The van der Waals surface area contributed by atoms with E-state index in [1.54, 1.807) is 0 Å². The number of carbonyl (C=O) groups is 1. The van der Waals surface area contributed by atoms with Crippen LogP contribution in [0.5, 0.6) is 0 Å². The van der Waals surface area contributed by atoms with Crippen molar-refractivity contribution in [1.29, 1.82) is 0 Å². The first-order valence-electron chi connectivity index (χ1n) is 6.94. The fraction of sp³-hybridized carbons (Fsp3) is 0.923. The van der Waals surface area contributed by atoms with Crippen molar-refractivity contribution >= 4 is 5.91 Å². The van der Waals surface area contributed by atoms with Gasteiger partial charge in [-0.1, -0.05) is 0 Å². The lowest BCUT2D eigenvalue weighted by atomic mass is 10.0. The Kier molecular flexibility index (Phi) is 4.59. The summed E-state index contributed by atoms with van der Waals surface area (Å²) in [7, 11) is 1.89. The molecule has 1 atom stereocenters. The maximum absolute atomic E-state index is 12.3. The molecule has 2 rings (SSSR count). The Balaban J connectivity index is 1.76. The minimum Gasteiger partial charge on any atom is -0.365 e. The summed E-state index contributed by atoms with van der Waals surface area (Å²) >= 11 is 0. The zero-order valence-corrected chi connectivity index (χ0v) is 11.6. The molecule has 0 bridgehead atoms. The highest BCUT2D eigenvalue weighted by Crippen LogP contribution is 2.26. The fourth-order valence-corrected chi connectivity index (χ4v) is 2.68. The number of nitrogens with one attached hydrogen (secondary N) is 1. The van der Waals surface area contributed by atoms with E-state index in [0.29, 0.717) is 6.61 Å². The SMILES string of the molecule is CN(CCN1CCNCC1)C(=O)C1(C)CCCO1. The van der Waals surface area contributed by atoms with E-state index in [1.807, 2.05) is 18.9 Å². The topological polar surface area (TPSA) is 44.8 Å². The normalized spacial score (nSPS) is 29.4. The van der Waals surface area contributed by atoms with Crippen molar-refractivity contribution in [3.8, 4) is 0 Å². The maximum atomic E-state index is 12.3. The first-order valence-corrected chi connectivity index (χ1v) is 6.94. The summed E-state index contributed by atoms with van der Waals surface area (Å²) in [4.78, 5) is 16.5. The summed E-state index contributed by atoms with van der Waals surface area (Å²) in [5.41, 5.74) is -0.571. The van der Waals surface area contributed by atoms with Crippen LogP contribution in [-0.4, -0.2) is 74.2 Å². The second kappa shape index (κ2) is 5.99. The molecule has 2 aliphatic rings. The minimum absolute atomic E-state index is 0.134. The largest absolute Gasteiger partial charge is 0.365 e. The van der Waals surface area contributed by atoms with Crippen molar-refractivity contribution in [2.24, 2.45) is 0 Å². The first-order chi connectivity index (χ1) is 8.62. The molecule has 0 aromatic heterocycles. The van der Waals surface area contributed by atoms with Crippen molar-refractivity contribution in [2.45, 2.75) is 25.4 Å². The Hall–Kier alpha value is -0.650. The number of likely N-dealkylation sites (N-methyl/N-ethyl adjacent to an activating group) is 1. The molecule has 1 amide bonds. The van der Waals surface area contributed by atoms with Crippen LogP contribution in [0.25, 0.3) is 0 Å². The van der Waals surface area contributed by atoms with Crippen LogP contribution in [0.4, 0.5) is 0 Å². The van der Waals surface area contributed by atoms with Gasteiger partial charge < -0.3 is 15.0 Å². The van der Waals surface area contributed by atoms with Gasteiger partial charge in [-0.15, -0.1) is 0 Å². The molecule has 2 heterocycles. The van der Waals surface area contributed by atoms with Gasteiger partial charge in [0.1, 0.15) is 5.60 Å². The smallest absolute Gasteiger partial charge is 0.254 e. The van der Waals surface area contributed by atoms with Crippen LogP contribution in [0.15, 0.2) is 0 Å². The molecule has 5 nitrogen and oxygen atoms in total. The quantitative estimate of drug-likeness (QED) is 0.763. The summed E-state index contributed by atoms with van der Waals surface area (Å²) < 4.78 is 5.60. The Morgan fingerprint density at radius 3 is 2.78 bits per heavy atom. The van der Waals surface area contributed by atoms with Crippen LogP contribution in [0.1, 0.15) is 19.8 Å². The van der Waals surface area contributed by atoms with Crippen LogP contribution in [-0.2, 0) is 9.53 Å². The number of amides is 1. The van der Waals surface area contributed by atoms with Gasteiger partial charge in [-0.2, -0.15) is 0 Å². The van der Waals surface area contributed by atoms with E-state index in [4.69, 9.17) is 4.74 Å². The van der Waals surface area contributed by atoms with Gasteiger partial charge in [-0.05, 0) is 19.8 Å². The second-order valence-corrected chi connectivity index (χ2v) is 5.50. The highest BCUT2D eigenvalue weighted by molar-refractivity contribution is 5.84. The van der Waals surface area contributed by atoms with Gasteiger partial charge in [-0.25, -0.2) is 0 Å². The van der Waals surface area contributed by atoms with Crippen LogP contribution in [0.3, 0.4) is 0 Å². The number of piperazine rings is 1. The molecule has 18 heavy (non-hydrogen) atoms. The standard InChI is InChI=1S/C13H25N3O2/c1-13(4-3-11-18-13)12(17)15(2)9-10-16-7-5-14-6-8-16/h14H,3-11H2,1-2H3. The summed E-state index contributed by atoms with van der Waals surface area (Å²) in [6, 6.07) is 0. The lowest BCUT2D eigenvalue weighted by Crippen LogP contribution is -2.49. The van der Waals surface area contributed by atoms with Gasteiger partial charge in [0.2, 0.25) is 0 Å². The molecular formula is C13H25N3O2. The second-order valence-electron chi connectivity index (χ2n) is 5.50. The highest BCUT2D eigenvalue weighted by atomic mass is 16.5. The third-order valence-electron chi connectivity index (χ3n) is 3.98. The molecular weight excluding hydrogens is 230 g/mol. The van der Waals surface area contributed by atoms with Crippen molar-refractivity contribution in [1.82, 2.24) is 15.1 Å². The lowest BCUT2D eigenvalue weighted by molar-refractivity contribution is -0.149. The summed E-state index contributed by atoms with van der Waals surface area (Å²) in [5, 5.41) is 3.33. The zero-order valence-electron chi connectivity index (χ0n) is 11.6. The summed E-state index contributed by atoms with van der Waals surface area (Å²) in [6.45, 7) is 8.65. The minimum atomic E-state index is -0.571. The molecule has 0 radical (unpaired) electrons. The van der Waals surface area contributed by atoms with Crippen LogP contribution in [0.2, 0.25) is 0 Å². The van der Waals surface area contributed by atoms with Gasteiger partial charge in [0, 0.05) is 52.9 Å². The molecule has 1 N–H and O–H groups in total. The monoisotopic (exact) mass is 255 g/mol. The van der Waals surface area contributed by atoms with Gasteiger partial charge >= 0.3 is 0 Å². The van der Waals surface area contributed by atoms with Crippen molar-refractivity contribution in [3.63, 3.8) is 0 Å². The van der Waals surface area contributed by atoms with Crippen molar-refractivity contribution in [2.75, 3.05) is 52.9 Å². The summed E-state index contributed by atoms with van der Waals surface area (Å²) in [6.07, 6.45) is 1.84. The third kappa shape index (κ3) is 3.22.